The summed E-state index contributed by atoms with van der Waals surface area (Å²) in [4.78, 5) is 4.06. The van der Waals surface area contributed by atoms with Crippen molar-refractivity contribution in [2.45, 2.75) is 0 Å². The molecule has 0 saturated carbocycles. The summed E-state index contributed by atoms with van der Waals surface area (Å²) in [6.07, 6.45) is 1.70. The third-order valence-corrected chi connectivity index (χ3v) is 1.37. The molecule has 0 atom stereocenters. The van der Waals surface area contributed by atoms with Crippen molar-refractivity contribution < 1.29 is 0 Å². The molecule has 0 amide bonds. The highest BCUT2D eigenvalue weighted by Gasteiger charge is 1.94. The van der Waals surface area contributed by atoms with Crippen molar-refractivity contribution in [2.24, 2.45) is 0 Å². The zero-order valence-corrected chi connectivity index (χ0v) is 5.73. The molecule has 2 aromatic rings. The lowest BCUT2D eigenvalue weighted by Crippen LogP contribution is -1.93. The summed E-state index contributed by atoms with van der Waals surface area (Å²) >= 11 is 0. The van der Waals surface area contributed by atoms with E-state index in [1.807, 2.05) is 12.1 Å². The lowest BCUT2D eigenvalue weighted by molar-refractivity contribution is 1.08. The summed E-state index contributed by atoms with van der Waals surface area (Å²) in [5, 5.41) is 7.54. The average Bonchev–Trinajstić information content (AvgIpc) is 2.04. The van der Waals surface area contributed by atoms with Crippen LogP contribution in [-0.4, -0.2) is 15.2 Å². The number of nitrogens with zero attached hydrogens (tertiary/aromatic N) is 3. The summed E-state index contributed by atoms with van der Waals surface area (Å²) < 4.78 is 0. The fraction of sp³-hybridized carbons (Fsp3) is 0. The van der Waals surface area contributed by atoms with E-state index in [1.54, 1.807) is 12.3 Å². The number of rotatable bonds is 0. The summed E-state index contributed by atoms with van der Waals surface area (Å²) in [7, 11) is 0. The first kappa shape index (κ1) is 6.03. The van der Waals surface area contributed by atoms with Gasteiger partial charge < -0.3 is 5.73 Å². The van der Waals surface area contributed by atoms with Crippen LogP contribution in [0.4, 0.5) is 5.82 Å². The minimum absolute atomic E-state index is 0.399. The van der Waals surface area contributed by atoms with Gasteiger partial charge in [-0.05, 0) is 12.1 Å². The molecule has 0 bridgehead atoms. The normalized spacial score (nSPS) is 10.2. The van der Waals surface area contributed by atoms with Crippen LogP contribution in [0, 0.1) is 0 Å². The van der Waals surface area contributed by atoms with E-state index in [-0.39, 0.29) is 0 Å². The monoisotopic (exact) mass is 146 g/mol. The number of anilines is 1. The molecular formula is C7H6N4. The second kappa shape index (κ2) is 2.16. The Labute approximate surface area is 63.1 Å². The zero-order chi connectivity index (χ0) is 7.68. The van der Waals surface area contributed by atoms with Crippen LogP contribution in [-0.2, 0) is 0 Å². The molecule has 54 valence electrons. The summed E-state index contributed by atoms with van der Waals surface area (Å²) in [6.45, 7) is 0. The minimum atomic E-state index is 0.399. The van der Waals surface area contributed by atoms with Crippen LogP contribution in [0.15, 0.2) is 24.4 Å². The smallest absolute Gasteiger partial charge is 0.148 e. The zero-order valence-electron chi connectivity index (χ0n) is 5.73. The number of aromatic nitrogens is 3. The van der Waals surface area contributed by atoms with Crippen molar-refractivity contribution in [3.63, 3.8) is 0 Å². The summed E-state index contributed by atoms with van der Waals surface area (Å²) in [5.41, 5.74) is 6.95. The van der Waals surface area contributed by atoms with Crippen molar-refractivity contribution in [3.8, 4) is 0 Å². The third kappa shape index (κ3) is 0.980. The van der Waals surface area contributed by atoms with Crippen molar-refractivity contribution in [2.75, 3.05) is 5.73 Å². The van der Waals surface area contributed by atoms with Gasteiger partial charge in [-0.25, -0.2) is 0 Å². The second-order valence-corrected chi connectivity index (χ2v) is 2.18. The van der Waals surface area contributed by atoms with Crippen LogP contribution in [0.25, 0.3) is 11.0 Å². The lowest BCUT2D eigenvalue weighted by Gasteiger charge is -1.93. The van der Waals surface area contributed by atoms with E-state index in [1.165, 1.54) is 0 Å². The molecule has 4 heteroatoms. The number of fused-ring (bicyclic) bond motifs is 1. The van der Waals surface area contributed by atoms with E-state index in [4.69, 9.17) is 5.73 Å². The van der Waals surface area contributed by atoms with Gasteiger partial charge in [-0.2, -0.15) is 0 Å². The van der Waals surface area contributed by atoms with Gasteiger partial charge in [0.1, 0.15) is 11.3 Å². The first-order valence-corrected chi connectivity index (χ1v) is 3.20. The maximum Gasteiger partial charge on any atom is 0.148 e. The largest absolute Gasteiger partial charge is 0.382 e. The maximum atomic E-state index is 5.41. The Hall–Kier alpha value is -1.71. The number of nitrogens with two attached hydrogens (primary N) is 1. The number of nitrogen functional groups attached to an aromatic ring is 1. The minimum Gasteiger partial charge on any atom is -0.382 e. The third-order valence-electron chi connectivity index (χ3n) is 1.37. The van der Waals surface area contributed by atoms with Gasteiger partial charge in [-0.3, -0.25) is 4.98 Å². The van der Waals surface area contributed by atoms with Crippen molar-refractivity contribution in [1.29, 1.82) is 0 Å². The standard InChI is InChI=1S/C7H6N4/c8-7-4-6-5(10-11-7)2-1-3-9-6/h1-4H,(H2,8,11). The summed E-state index contributed by atoms with van der Waals surface area (Å²) in [5.74, 6) is 0.399. The SMILES string of the molecule is Nc1cc2ncccc2nn1. The predicted octanol–water partition coefficient (Wildman–Crippen LogP) is 0.607. The van der Waals surface area contributed by atoms with Gasteiger partial charge in [0.05, 0.1) is 5.52 Å². The fourth-order valence-electron chi connectivity index (χ4n) is 0.885. The van der Waals surface area contributed by atoms with Crippen LogP contribution in [0.2, 0.25) is 0 Å². The molecule has 0 radical (unpaired) electrons. The Morgan fingerprint density at radius 2 is 2.09 bits per heavy atom. The van der Waals surface area contributed by atoms with Gasteiger partial charge >= 0.3 is 0 Å². The van der Waals surface area contributed by atoms with Gasteiger partial charge in [0.2, 0.25) is 0 Å². The van der Waals surface area contributed by atoms with Gasteiger partial charge in [0.15, 0.2) is 0 Å². The Kier molecular flexibility index (Phi) is 1.18. The van der Waals surface area contributed by atoms with Gasteiger partial charge in [0, 0.05) is 12.3 Å². The van der Waals surface area contributed by atoms with E-state index < -0.39 is 0 Å². The first-order chi connectivity index (χ1) is 5.36. The van der Waals surface area contributed by atoms with Crippen LogP contribution in [0.1, 0.15) is 0 Å². The highest BCUT2D eigenvalue weighted by atomic mass is 15.1. The Morgan fingerprint density at radius 1 is 1.18 bits per heavy atom. The second-order valence-electron chi connectivity index (χ2n) is 2.18. The highest BCUT2D eigenvalue weighted by Crippen LogP contribution is 2.07. The maximum absolute atomic E-state index is 5.41. The van der Waals surface area contributed by atoms with Crippen molar-refractivity contribution in [3.05, 3.63) is 24.4 Å². The first-order valence-electron chi connectivity index (χ1n) is 3.20. The molecule has 0 aliphatic heterocycles. The van der Waals surface area contributed by atoms with E-state index in [0.717, 1.165) is 11.0 Å². The molecular weight excluding hydrogens is 140 g/mol. The molecule has 2 N–H and O–H groups in total. The molecule has 11 heavy (non-hydrogen) atoms. The topological polar surface area (TPSA) is 64.7 Å². The molecule has 0 saturated heterocycles. The molecule has 0 aliphatic rings. The Morgan fingerprint density at radius 3 is 3.00 bits per heavy atom. The van der Waals surface area contributed by atoms with Crippen molar-refractivity contribution in [1.82, 2.24) is 15.2 Å². The number of pyridine rings is 1. The average molecular weight is 146 g/mol. The number of hydrogen-bond acceptors (Lipinski definition) is 4. The van der Waals surface area contributed by atoms with E-state index in [9.17, 15) is 0 Å². The van der Waals surface area contributed by atoms with E-state index in [0.29, 0.717) is 5.82 Å². The Balaban J connectivity index is 2.83. The molecule has 0 fully saturated rings. The predicted molar refractivity (Wildman–Crippen MR) is 41.7 cm³/mol. The highest BCUT2D eigenvalue weighted by molar-refractivity contribution is 5.74. The van der Waals surface area contributed by atoms with Crippen LogP contribution >= 0.6 is 0 Å². The van der Waals surface area contributed by atoms with Gasteiger partial charge in [-0.15, -0.1) is 10.2 Å². The van der Waals surface area contributed by atoms with E-state index >= 15 is 0 Å². The molecule has 0 unspecified atom stereocenters. The molecule has 0 aromatic carbocycles. The van der Waals surface area contributed by atoms with Crippen LogP contribution < -0.4 is 5.73 Å². The Bertz CT molecular complexity index is 385. The summed E-state index contributed by atoms with van der Waals surface area (Å²) in [6, 6.07) is 5.35. The van der Waals surface area contributed by atoms with E-state index in [2.05, 4.69) is 15.2 Å². The quantitative estimate of drug-likeness (QED) is 0.591. The lowest BCUT2D eigenvalue weighted by atomic mass is 10.3. The number of hydrogen-bond donors (Lipinski definition) is 1. The molecule has 0 aliphatic carbocycles. The molecule has 4 nitrogen and oxygen atoms in total. The van der Waals surface area contributed by atoms with Gasteiger partial charge in [-0.1, -0.05) is 0 Å². The van der Waals surface area contributed by atoms with Crippen LogP contribution in [0.3, 0.4) is 0 Å². The van der Waals surface area contributed by atoms with Gasteiger partial charge in [0.25, 0.3) is 0 Å². The molecule has 2 rings (SSSR count). The molecule has 0 spiro atoms. The van der Waals surface area contributed by atoms with Crippen LogP contribution in [0.5, 0.6) is 0 Å². The fourth-order valence-corrected chi connectivity index (χ4v) is 0.885. The van der Waals surface area contributed by atoms with Crippen molar-refractivity contribution >= 4 is 16.9 Å². The molecule has 2 heterocycles. The molecule has 2 aromatic heterocycles.